The Morgan fingerprint density at radius 1 is 1.17 bits per heavy atom. The monoisotopic (exact) mass is 397 g/mol. The number of hydrogen-bond donors (Lipinski definition) is 2. The van der Waals surface area contributed by atoms with Gasteiger partial charge >= 0.3 is 6.03 Å². The van der Waals surface area contributed by atoms with Crippen LogP contribution in [0.5, 0.6) is 0 Å². The molecule has 0 saturated carbocycles. The van der Waals surface area contributed by atoms with Crippen molar-refractivity contribution in [2.45, 2.75) is 45.2 Å². The lowest BCUT2D eigenvalue weighted by atomic mass is 9.89. The molecule has 0 unspecified atom stereocenters. The van der Waals surface area contributed by atoms with E-state index >= 15 is 0 Å². The van der Waals surface area contributed by atoms with Crippen LogP contribution in [0.25, 0.3) is 0 Å². The first-order valence-electron chi connectivity index (χ1n) is 10.1. The van der Waals surface area contributed by atoms with E-state index in [1.165, 1.54) is 12.1 Å². The highest BCUT2D eigenvalue weighted by Crippen LogP contribution is 2.27. The summed E-state index contributed by atoms with van der Waals surface area (Å²) in [5.41, 5.74) is 2.35. The Kier molecular flexibility index (Phi) is 6.86. The maximum atomic E-state index is 13.3. The van der Waals surface area contributed by atoms with Crippen molar-refractivity contribution in [3.05, 3.63) is 71.0 Å². The average molecular weight is 397 g/mol. The second-order valence-electron chi connectivity index (χ2n) is 7.83. The zero-order chi connectivity index (χ0) is 20.8. The molecule has 2 N–H and O–H groups in total. The molecular weight excluding hydrogens is 369 g/mol. The SMILES string of the molecule is CC(C)NC(=O)N1CCC[C@H](c2cccc(C(=O)NCc3cccc(F)c3)c2)C1. The number of carbonyl (C=O) groups is 2. The molecular formula is C23H28FN3O2. The molecule has 29 heavy (non-hydrogen) atoms. The normalized spacial score (nSPS) is 16.6. The fourth-order valence-corrected chi connectivity index (χ4v) is 3.64. The summed E-state index contributed by atoms with van der Waals surface area (Å²) in [6, 6.07) is 13.8. The van der Waals surface area contributed by atoms with E-state index < -0.39 is 0 Å². The fraction of sp³-hybridized carbons (Fsp3) is 0.391. The van der Waals surface area contributed by atoms with Crippen LogP contribution in [0.4, 0.5) is 9.18 Å². The third-order valence-electron chi connectivity index (χ3n) is 5.08. The van der Waals surface area contributed by atoms with Crippen molar-refractivity contribution in [1.82, 2.24) is 15.5 Å². The molecule has 0 aromatic heterocycles. The molecule has 154 valence electrons. The van der Waals surface area contributed by atoms with Crippen LogP contribution in [0.1, 0.15) is 54.1 Å². The minimum Gasteiger partial charge on any atom is -0.348 e. The third kappa shape index (κ3) is 5.79. The van der Waals surface area contributed by atoms with Gasteiger partial charge in [-0.05, 0) is 62.1 Å². The van der Waals surface area contributed by atoms with Crippen LogP contribution >= 0.6 is 0 Å². The van der Waals surface area contributed by atoms with Crippen molar-refractivity contribution in [3.8, 4) is 0 Å². The van der Waals surface area contributed by atoms with Crippen LogP contribution in [-0.4, -0.2) is 36.0 Å². The van der Waals surface area contributed by atoms with E-state index in [1.807, 2.05) is 36.9 Å². The fourth-order valence-electron chi connectivity index (χ4n) is 3.64. The van der Waals surface area contributed by atoms with Gasteiger partial charge in [0.15, 0.2) is 0 Å². The predicted octanol–water partition coefficient (Wildman–Crippen LogP) is 4.05. The maximum Gasteiger partial charge on any atom is 0.317 e. The first-order valence-corrected chi connectivity index (χ1v) is 10.1. The van der Waals surface area contributed by atoms with Gasteiger partial charge in [-0.25, -0.2) is 9.18 Å². The number of likely N-dealkylation sites (tertiary alicyclic amines) is 1. The van der Waals surface area contributed by atoms with Crippen molar-refractivity contribution in [1.29, 1.82) is 0 Å². The van der Waals surface area contributed by atoms with Crippen molar-refractivity contribution < 1.29 is 14.0 Å². The molecule has 1 aliphatic rings. The van der Waals surface area contributed by atoms with Crippen molar-refractivity contribution in [2.75, 3.05) is 13.1 Å². The van der Waals surface area contributed by atoms with Crippen LogP contribution in [0.2, 0.25) is 0 Å². The molecule has 1 heterocycles. The molecule has 5 nitrogen and oxygen atoms in total. The zero-order valence-electron chi connectivity index (χ0n) is 17.0. The van der Waals surface area contributed by atoms with Gasteiger partial charge in [0.2, 0.25) is 0 Å². The Hall–Kier alpha value is -2.89. The van der Waals surface area contributed by atoms with Crippen LogP contribution in [0.15, 0.2) is 48.5 Å². The number of hydrogen-bond acceptors (Lipinski definition) is 2. The Morgan fingerprint density at radius 3 is 2.72 bits per heavy atom. The maximum absolute atomic E-state index is 13.3. The highest BCUT2D eigenvalue weighted by Gasteiger charge is 2.25. The van der Waals surface area contributed by atoms with Crippen LogP contribution in [0.3, 0.4) is 0 Å². The van der Waals surface area contributed by atoms with Gasteiger partial charge < -0.3 is 15.5 Å². The topological polar surface area (TPSA) is 61.4 Å². The standard InChI is InChI=1S/C23H28FN3O2/c1-16(2)26-23(29)27-11-5-9-20(15-27)18-7-4-8-19(13-18)22(28)25-14-17-6-3-10-21(24)12-17/h3-4,6-8,10,12-13,16,20H,5,9,11,14-15H2,1-2H3,(H,25,28)(H,26,29)/t20-/m0/s1. The van der Waals surface area contributed by atoms with E-state index in [9.17, 15) is 14.0 Å². The van der Waals surface area contributed by atoms with Gasteiger partial charge in [0.1, 0.15) is 5.82 Å². The lowest BCUT2D eigenvalue weighted by Gasteiger charge is -2.33. The first-order chi connectivity index (χ1) is 13.9. The highest BCUT2D eigenvalue weighted by atomic mass is 19.1. The number of amides is 3. The van der Waals surface area contributed by atoms with Crippen molar-refractivity contribution in [3.63, 3.8) is 0 Å². The molecule has 1 aliphatic heterocycles. The summed E-state index contributed by atoms with van der Waals surface area (Å²) in [5.74, 6) is -0.305. The summed E-state index contributed by atoms with van der Waals surface area (Å²) in [6.45, 7) is 5.57. The summed E-state index contributed by atoms with van der Waals surface area (Å²) >= 11 is 0. The summed E-state index contributed by atoms with van der Waals surface area (Å²) in [4.78, 5) is 26.7. The molecule has 1 atom stereocenters. The summed E-state index contributed by atoms with van der Waals surface area (Å²) < 4.78 is 13.3. The van der Waals surface area contributed by atoms with E-state index in [0.717, 1.165) is 24.9 Å². The van der Waals surface area contributed by atoms with Crippen molar-refractivity contribution >= 4 is 11.9 Å². The lowest BCUT2D eigenvalue weighted by Crippen LogP contribution is -2.47. The quantitative estimate of drug-likeness (QED) is 0.800. The van der Waals surface area contributed by atoms with Gasteiger partial charge in [-0.3, -0.25) is 4.79 Å². The number of nitrogens with one attached hydrogen (secondary N) is 2. The van der Waals surface area contributed by atoms with Gasteiger partial charge in [-0.1, -0.05) is 24.3 Å². The summed E-state index contributed by atoms with van der Waals surface area (Å²) in [6.07, 6.45) is 1.92. The highest BCUT2D eigenvalue weighted by molar-refractivity contribution is 5.94. The molecule has 0 aliphatic carbocycles. The molecule has 3 rings (SSSR count). The molecule has 1 saturated heterocycles. The van der Waals surface area contributed by atoms with Gasteiger partial charge in [-0.2, -0.15) is 0 Å². The number of rotatable bonds is 5. The van der Waals surface area contributed by atoms with Crippen molar-refractivity contribution in [2.24, 2.45) is 0 Å². The zero-order valence-corrected chi connectivity index (χ0v) is 17.0. The van der Waals surface area contributed by atoms with E-state index in [2.05, 4.69) is 10.6 Å². The Labute approximate surface area is 171 Å². The Morgan fingerprint density at radius 2 is 1.97 bits per heavy atom. The second-order valence-corrected chi connectivity index (χ2v) is 7.83. The van der Waals surface area contributed by atoms with Gasteiger partial charge in [0, 0.05) is 37.2 Å². The van der Waals surface area contributed by atoms with E-state index in [-0.39, 0.29) is 36.3 Å². The second kappa shape index (κ2) is 9.54. The Balaban J connectivity index is 1.63. The number of urea groups is 1. The van der Waals surface area contributed by atoms with E-state index in [0.29, 0.717) is 17.7 Å². The largest absolute Gasteiger partial charge is 0.348 e. The van der Waals surface area contributed by atoms with Gasteiger partial charge in [-0.15, -0.1) is 0 Å². The van der Waals surface area contributed by atoms with E-state index in [1.54, 1.807) is 18.2 Å². The molecule has 6 heteroatoms. The molecule has 2 aromatic carbocycles. The molecule has 3 amide bonds. The number of halogens is 1. The average Bonchev–Trinajstić information content (AvgIpc) is 2.72. The van der Waals surface area contributed by atoms with Crippen LogP contribution in [-0.2, 0) is 6.54 Å². The molecule has 0 spiro atoms. The number of benzene rings is 2. The molecule has 2 aromatic rings. The van der Waals surface area contributed by atoms with E-state index in [4.69, 9.17) is 0 Å². The predicted molar refractivity (Wildman–Crippen MR) is 111 cm³/mol. The van der Waals surface area contributed by atoms with Crippen LogP contribution in [0, 0.1) is 5.82 Å². The molecule has 0 bridgehead atoms. The number of piperidine rings is 1. The lowest BCUT2D eigenvalue weighted by molar-refractivity contribution is 0.0950. The van der Waals surface area contributed by atoms with Crippen LogP contribution < -0.4 is 10.6 Å². The summed E-state index contributed by atoms with van der Waals surface area (Å²) in [5, 5.41) is 5.79. The first kappa shape index (κ1) is 20.8. The molecule has 0 radical (unpaired) electrons. The van der Waals surface area contributed by atoms with Gasteiger partial charge in [0.25, 0.3) is 5.91 Å². The Bertz CT molecular complexity index is 869. The minimum absolute atomic E-state index is 0.0336. The molecule has 1 fully saturated rings. The van der Waals surface area contributed by atoms with Gasteiger partial charge in [0.05, 0.1) is 0 Å². The smallest absolute Gasteiger partial charge is 0.317 e. The number of carbonyl (C=O) groups excluding carboxylic acids is 2. The minimum atomic E-state index is -0.317. The summed E-state index contributed by atoms with van der Waals surface area (Å²) in [7, 11) is 0. The third-order valence-corrected chi connectivity index (χ3v) is 5.08. The number of nitrogens with zero attached hydrogens (tertiary/aromatic N) is 1.